The molecule has 172 valence electrons. The molecule has 3 amide bonds. The van der Waals surface area contributed by atoms with Crippen LogP contribution < -0.4 is 15.4 Å². The highest BCUT2D eigenvalue weighted by Gasteiger charge is 2.23. The average molecular weight is 434 g/mol. The van der Waals surface area contributed by atoms with E-state index in [1.807, 2.05) is 35.2 Å². The molecule has 0 atom stereocenters. The third kappa shape index (κ3) is 10.2. The summed E-state index contributed by atoms with van der Waals surface area (Å²) in [5.74, 6) is 1.05. The number of hydrogen-bond acceptors (Lipinski definition) is 5. The van der Waals surface area contributed by atoms with Gasteiger partial charge < -0.3 is 25.0 Å². The largest absolute Gasteiger partial charge is 0.494 e. The lowest BCUT2D eigenvalue weighted by Gasteiger charge is -2.32. The Morgan fingerprint density at radius 1 is 1.06 bits per heavy atom. The lowest BCUT2D eigenvalue weighted by atomic mass is 9.96. The Hall–Kier alpha value is -2.77. The summed E-state index contributed by atoms with van der Waals surface area (Å²) in [6.45, 7) is 7.66. The summed E-state index contributed by atoms with van der Waals surface area (Å²) in [6.07, 6.45) is 2.26. The van der Waals surface area contributed by atoms with Gasteiger partial charge in [-0.15, -0.1) is 0 Å². The number of nitrogens with zero attached hydrogens (tertiary/aromatic N) is 1. The summed E-state index contributed by atoms with van der Waals surface area (Å²) in [7, 11) is 0. The van der Waals surface area contributed by atoms with Crippen molar-refractivity contribution < 1.29 is 23.9 Å². The van der Waals surface area contributed by atoms with Gasteiger partial charge in [0.15, 0.2) is 0 Å². The first kappa shape index (κ1) is 24.5. The topological polar surface area (TPSA) is 97.0 Å². The van der Waals surface area contributed by atoms with E-state index in [9.17, 15) is 14.4 Å². The van der Waals surface area contributed by atoms with Gasteiger partial charge in [0.05, 0.1) is 13.2 Å². The maximum Gasteiger partial charge on any atom is 0.408 e. The van der Waals surface area contributed by atoms with Crippen LogP contribution in [0.15, 0.2) is 30.3 Å². The van der Waals surface area contributed by atoms with Gasteiger partial charge in [-0.25, -0.2) is 4.79 Å². The predicted molar refractivity (Wildman–Crippen MR) is 118 cm³/mol. The maximum atomic E-state index is 12.4. The molecular formula is C23H35N3O5. The fourth-order valence-corrected chi connectivity index (χ4v) is 3.26. The van der Waals surface area contributed by atoms with E-state index in [-0.39, 0.29) is 18.4 Å². The zero-order valence-electron chi connectivity index (χ0n) is 18.8. The van der Waals surface area contributed by atoms with Gasteiger partial charge in [0, 0.05) is 26.1 Å². The lowest BCUT2D eigenvalue weighted by Crippen LogP contribution is -2.44. The number of alkyl carbamates (subject to hydrolysis) is 1. The number of para-hydroxylation sites is 1. The molecule has 1 saturated heterocycles. The van der Waals surface area contributed by atoms with E-state index in [2.05, 4.69) is 10.6 Å². The van der Waals surface area contributed by atoms with E-state index in [0.717, 1.165) is 18.6 Å². The summed E-state index contributed by atoms with van der Waals surface area (Å²) >= 11 is 0. The molecule has 2 rings (SSSR count). The fourth-order valence-electron chi connectivity index (χ4n) is 3.26. The number of piperidine rings is 1. The van der Waals surface area contributed by atoms with Crippen molar-refractivity contribution in [2.45, 2.75) is 52.1 Å². The molecule has 0 unspecified atom stereocenters. The molecule has 0 radical (unpaired) electrons. The number of hydrogen-bond donors (Lipinski definition) is 2. The molecule has 1 fully saturated rings. The van der Waals surface area contributed by atoms with Gasteiger partial charge in [-0.1, -0.05) is 18.2 Å². The first-order valence-electron chi connectivity index (χ1n) is 10.9. The Labute approximate surface area is 184 Å². The van der Waals surface area contributed by atoms with Crippen LogP contribution >= 0.6 is 0 Å². The quantitative estimate of drug-likeness (QED) is 0.584. The zero-order chi connectivity index (χ0) is 22.7. The highest BCUT2D eigenvalue weighted by Crippen LogP contribution is 2.17. The molecule has 31 heavy (non-hydrogen) atoms. The zero-order valence-corrected chi connectivity index (χ0v) is 18.8. The fraction of sp³-hybridized carbons (Fsp3) is 0.609. The molecule has 8 nitrogen and oxygen atoms in total. The maximum absolute atomic E-state index is 12.4. The molecule has 2 N–H and O–H groups in total. The third-order valence-electron chi connectivity index (χ3n) is 4.89. The van der Waals surface area contributed by atoms with Crippen LogP contribution in [0.3, 0.4) is 0 Å². The SMILES string of the molecule is CC(C)(C)OC(=O)NCC(=O)NCC1CCN(C(=O)CCCOc2ccccc2)CC1. The second kappa shape index (κ2) is 12.2. The van der Waals surface area contributed by atoms with Gasteiger partial charge in [-0.05, 0) is 58.1 Å². The van der Waals surface area contributed by atoms with Crippen molar-refractivity contribution in [2.75, 3.05) is 32.8 Å². The minimum Gasteiger partial charge on any atom is -0.494 e. The molecular weight excluding hydrogens is 398 g/mol. The van der Waals surface area contributed by atoms with Crippen molar-refractivity contribution in [1.29, 1.82) is 0 Å². The second-order valence-corrected chi connectivity index (χ2v) is 8.75. The second-order valence-electron chi connectivity index (χ2n) is 8.75. The molecule has 0 saturated carbocycles. The summed E-state index contributed by atoms with van der Waals surface area (Å²) in [4.78, 5) is 37.8. The summed E-state index contributed by atoms with van der Waals surface area (Å²) in [5, 5.41) is 5.29. The number of carbonyl (C=O) groups is 3. The number of ether oxygens (including phenoxy) is 2. The van der Waals surface area contributed by atoms with Crippen molar-refractivity contribution in [3.8, 4) is 5.75 Å². The van der Waals surface area contributed by atoms with Crippen LogP contribution in [0.5, 0.6) is 5.75 Å². The standard InChI is InChI=1S/C23H35N3O5/c1-23(2,3)31-22(29)25-17-20(27)24-16-18-11-13-26(14-12-18)21(28)10-7-15-30-19-8-5-4-6-9-19/h4-6,8-9,18H,7,10-17H2,1-3H3,(H,24,27)(H,25,29). The van der Waals surface area contributed by atoms with Crippen molar-refractivity contribution in [3.63, 3.8) is 0 Å². The Morgan fingerprint density at radius 3 is 2.39 bits per heavy atom. The van der Waals surface area contributed by atoms with Crippen molar-refractivity contribution in [1.82, 2.24) is 15.5 Å². The van der Waals surface area contributed by atoms with Crippen LogP contribution in [0.25, 0.3) is 0 Å². The normalized spacial score (nSPS) is 14.6. The Morgan fingerprint density at radius 2 is 1.74 bits per heavy atom. The van der Waals surface area contributed by atoms with E-state index < -0.39 is 11.7 Å². The van der Waals surface area contributed by atoms with Gasteiger partial charge in [0.1, 0.15) is 11.4 Å². The van der Waals surface area contributed by atoms with E-state index in [4.69, 9.17) is 9.47 Å². The van der Waals surface area contributed by atoms with Crippen molar-refractivity contribution >= 4 is 17.9 Å². The number of rotatable bonds is 9. The molecule has 8 heteroatoms. The number of benzene rings is 1. The first-order valence-corrected chi connectivity index (χ1v) is 10.9. The Balaban J connectivity index is 1.54. The highest BCUT2D eigenvalue weighted by atomic mass is 16.6. The van der Waals surface area contributed by atoms with Crippen LogP contribution in [-0.4, -0.2) is 61.2 Å². The number of amides is 3. The highest BCUT2D eigenvalue weighted by molar-refractivity contribution is 5.82. The van der Waals surface area contributed by atoms with Crippen LogP contribution in [0, 0.1) is 5.92 Å². The summed E-state index contributed by atoms with van der Waals surface area (Å²) in [5.41, 5.74) is -0.596. The van der Waals surface area contributed by atoms with Crippen LogP contribution in [0.1, 0.15) is 46.5 Å². The van der Waals surface area contributed by atoms with Crippen LogP contribution in [-0.2, 0) is 14.3 Å². The van der Waals surface area contributed by atoms with Gasteiger partial charge in [0.2, 0.25) is 11.8 Å². The van der Waals surface area contributed by atoms with Crippen molar-refractivity contribution in [2.24, 2.45) is 5.92 Å². The summed E-state index contributed by atoms with van der Waals surface area (Å²) < 4.78 is 10.7. The summed E-state index contributed by atoms with van der Waals surface area (Å²) in [6, 6.07) is 9.58. The van der Waals surface area contributed by atoms with Gasteiger partial charge >= 0.3 is 6.09 Å². The predicted octanol–water partition coefficient (Wildman–Crippen LogP) is 2.73. The third-order valence-corrected chi connectivity index (χ3v) is 4.89. The number of nitrogens with one attached hydrogen (secondary N) is 2. The molecule has 0 spiro atoms. The molecule has 1 aromatic rings. The molecule has 1 aliphatic rings. The minimum absolute atomic E-state index is 0.114. The molecule has 1 aliphatic heterocycles. The molecule has 1 aromatic carbocycles. The molecule has 0 aliphatic carbocycles. The first-order chi connectivity index (χ1) is 14.7. The number of likely N-dealkylation sites (tertiary alicyclic amines) is 1. The van der Waals surface area contributed by atoms with E-state index in [1.165, 1.54) is 0 Å². The van der Waals surface area contributed by atoms with Gasteiger partial charge in [-0.3, -0.25) is 9.59 Å². The smallest absolute Gasteiger partial charge is 0.408 e. The van der Waals surface area contributed by atoms with E-state index >= 15 is 0 Å². The Kier molecular flexibility index (Phi) is 9.62. The minimum atomic E-state index is -0.608. The monoisotopic (exact) mass is 433 g/mol. The van der Waals surface area contributed by atoms with Crippen molar-refractivity contribution in [3.05, 3.63) is 30.3 Å². The van der Waals surface area contributed by atoms with Crippen LogP contribution in [0.4, 0.5) is 4.79 Å². The molecule has 0 aromatic heterocycles. The number of carbonyl (C=O) groups excluding carboxylic acids is 3. The molecule has 1 heterocycles. The Bertz CT molecular complexity index is 710. The lowest BCUT2D eigenvalue weighted by molar-refractivity contribution is -0.133. The van der Waals surface area contributed by atoms with Crippen LogP contribution in [0.2, 0.25) is 0 Å². The average Bonchev–Trinajstić information content (AvgIpc) is 2.73. The van der Waals surface area contributed by atoms with E-state index in [0.29, 0.717) is 45.0 Å². The molecule has 0 bridgehead atoms. The van der Waals surface area contributed by atoms with Gasteiger partial charge in [0.25, 0.3) is 0 Å². The van der Waals surface area contributed by atoms with Gasteiger partial charge in [-0.2, -0.15) is 0 Å². The van der Waals surface area contributed by atoms with E-state index in [1.54, 1.807) is 20.8 Å².